The third-order valence-electron chi connectivity index (χ3n) is 3.07. The number of H-pyrrole nitrogens is 1. The zero-order valence-corrected chi connectivity index (χ0v) is 12.3. The van der Waals surface area contributed by atoms with Crippen LogP contribution in [-0.2, 0) is 18.8 Å². The Kier molecular flexibility index (Phi) is 3.98. The normalized spacial score (nSPS) is 13.8. The fourth-order valence-corrected chi connectivity index (χ4v) is 3.16. The number of ether oxygens (including phenoxy) is 1. The molecule has 6 heteroatoms. The molecule has 0 amide bonds. The van der Waals surface area contributed by atoms with E-state index in [0.717, 1.165) is 29.2 Å². The predicted molar refractivity (Wildman–Crippen MR) is 80.5 cm³/mol. The van der Waals surface area contributed by atoms with Gasteiger partial charge in [0.2, 0.25) is 0 Å². The lowest BCUT2D eigenvalue weighted by atomic mass is 10.2. The van der Waals surface area contributed by atoms with Crippen LogP contribution in [0, 0.1) is 0 Å². The maximum Gasteiger partial charge on any atom is 0.255 e. The van der Waals surface area contributed by atoms with Gasteiger partial charge >= 0.3 is 0 Å². The van der Waals surface area contributed by atoms with E-state index >= 15 is 0 Å². The van der Waals surface area contributed by atoms with Crippen molar-refractivity contribution < 1.29 is 4.74 Å². The number of nitrogens with zero attached hydrogens (tertiary/aromatic N) is 1. The van der Waals surface area contributed by atoms with Crippen molar-refractivity contribution in [1.82, 2.24) is 9.97 Å². The van der Waals surface area contributed by atoms with E-state index in [1.807, 2.05) is 0 Å². The van der Waals surface area contributed by atoms with Crippen LogP contribution in [0.2, 0.25) is 5.02 Å². The molecule has 0 spiro atoms. The fourth-order valence-electron chi connectivity index (χ4n) is 2.05. The maximum absolute atomic E-state index is 12.0. The van der Waals surface area contributed by atoms with Gasteiger partial charge in [-0.3, -0.25) is 4.79 Å². The Morgan fingerprint density at radius 3 is 2.95 bits per heavy atom. The highest BCUT2D eigenvalue weighted by Gasteiger charge is 2.15. The molecule has 20 heavy (non-hydrogen) atoms. The molecule has 104 valence electrons. The number of fused-ring (bicyclic) bond motifs is 1. The second-order valence-corrected chi connectivity index (χ2v) is 6.02. The monoisotopic (exact) mass is 308 g/mol. The van der Waals surface area contributed by atoms with Gasteiger partial charge in [-0.05, 0) is 36.4 Å². The van der Waals surface area contributed by atoms with Gasteiger partial charge in [0, 0.05) is 16.3 Å². The smallest absolute Gasteiger partial charge is 0.255 e. The number of hydrogen-bond acceptors (Lipinski definition) is 4. The molecule has 0 saturated carbocycles. The number of thioether (sulfide) groups is 1. The molecule has 1 aromatic heterocycles. The lowest BCUT2D eigenvalue weighted by Gasteiger charge is -2.14. The van der Waals surface area contributed by atoms with Crippen molar-refractivity contribution in [2.45, 2.75) is 18.8 Å². The van der Waals surface area contributed by atoms with Gasteiger partial charge in [-0.2, -0.15) is 11.8 Å². The summed E-state index contributed by atoms with van der Waals surface area (Å²) < 4.78 is 5.60. The van der Waals surface area contributed by atoms with Crippen molar-refractivity contribution in [2.75, 3.05) is 5.75 Å². The van der Waals surface area contributed by atoms with E-state index < -0.39 is 0 Å². The van der Waals surface area contributed by atoms with Gasteiger partial charge < -0.3 is 9.72 Å². The molecule has 3 rings (SSSR count). The Labute approximate surface area is 125 Å². The van der Waals surface area contributed by atoms with Crippen LogP contribution in [-0.4, -0.2) is 15.7 Å². The Balaban J connectivity index is 1.76. The SMILES string of the molecule is O=c1[nH]c(COc2ccc(Cl)cc2)nc2c1CSCC2. The van der Waals surface area contributed by atoms with Crippen molar-refractivity contribution in [1.29, 1.82) is 0 Å². The molecule has 0 bridgehead atoms. The van der Waals surface area contributed by atoms with E-state index in [9.17, 15) is 4.79 Å². The molecule has 1 aromatic carbocycles. The Hall–Kier alpha value is -1.46. The lowest BCUT2D eigenvalue weighted by Crippen LogP contribution is -2.23. The summed E-state index contributed by atoms with van der Waals surface area (Å²) >= 11 is 7.58. The first-order chi connectivity index (χ1) is 9.72. The van der Waals surface area contributed by atoms with E-state index in [-0.39, 0.29) is 12.2 Å². The van der Waals surface area contributed by atoms with E-state index in [2.05, 4.69) is 9.97 Å². The van der Waals surface area contributed by atoms with Gasteiger partial charge in [-0.1, -0.05) is 11.6 Å². The van der Waals surface area contributed by atoms with Crippen molar-refractivity contribution in [2.24, 2.45) is 0 Å². The second kappa shape index (κ2) is 5.89. The fraction of sp³-hybridized carbons (Fsp3) is 0.286. The van der Waals surface area contributed by atoms with Crippen molar-refractivity contribution >= 4 is 23.4 Å². The highest BCUT2D eigenvalue weighted by molar-refractivity contribution is 7.98. The Morgan fingerprint density at radius 2 is 2.15 bits per heavy atom. The summed E-state index contributed by atoms with van der Waals surface area (Å²) in [4.78, 5) is 19.2. The molecule has 4 nitrogen and oxygen atoms in total. The minimum absolute atomic E-state index is 0.0445. The van der Waals surface area contributed by atoms with Gasteiger partial charge in [0.15, 0.2) is 0 Å². The van der Waals surface area contributed by atoms with Crippen LogP contribution < -0.4 is 10.3 Å². The van der Waals surface area contributed by atoms with E-state index in [0.29, 0.717) is 16.6 Å². The van der Waals surface area contributed by atoms with Crippen LogP contribution in [0.25, 0.3) is 0 Å². The molecule has 0 unspecified atom stereocenters. The first-order valence-electron chi connectivity index (χ1n) is 6.29. The number of benzene rings is 1. The maximum atomic E-state index is 12.0. The van der Waals surface area contributed by atoms with Crippen molar-refractivity contribution in [3.63, 3.8) is 0 Å². The molecule has 1 aliphatic heterocycles. The number of halogens is 1. The average Bonchev–Trinajstić information content (AvgIpc) is 2.47. The molecule has 0 atom stereocenters. The van der Waals surface area contributed by atoms with E-state index in [1.54, 1.807) is 36.0 Å². The summed E-state index contributed by atoms with van der Waals surface area (Å²) in [6.07, 6.45) is 0.845. The van der Waals surface area contributed by atoms with Crippen molar-refractivity contribution in [3.8, 4) is 5.75 Å². The summed E-state index contributed by atoms with van der Waals surface area (Å²) in [5.74, 6) is 3.03. The summed E-state index contributed by atoms with van der Waals surface area (Å²) in [5, 5.41) is 0.662. The third kappa shape index (κ3) is 2.99. The van der Waals surface area contributed by atoms with Crippen LogP contribution in [0.5, 0.6) is 5.75 Å². The predicted octanol–water partition coefficient (Wildman–Crippen LogP) is 2.79. The summed E-state index contributed by atoms with van der Waals surface area (Å²) in [5.41, 5.74) is 1.66. The largest absolute Gasteiger partial charge is 0.486 e. The highest BCUT2D eigenvalue weighted by Crippen LogP contribution is 2.20. The lowest BCUT2D eigenvalue weighted by molar-refractivity contribution is 0.295. The van der Waals surface area contributed by atoms with Crippen LogP contribution in [0.3, 0.4) is 0 Å². The summed E-state index contributed by atoms with van der Waals surface area (Å²) in [6.45, 7) is 0.247. The van der Waals surface area contributed by atoms with Crippen LogP contribution in [0.1, 0.15) is 17.1 Å². The van der Waals surface area contributed by atoms with Gasteiger partial charge in [0.05, 0.1) is 5.69 Å². The molecule has 2 aromatic rings. The van der Waals surface area contributed by atoms with Gasteiger partial charge in [0.1, 0.15) is 18.2 Å². The summed E-state index contributed by atoms with van der Waals surface area (Å²) in [7, 11) is 0. The first-order valence-corrected chi connectivity index (χ1v) is 7.83. The zero-order valence-electron chi connectivity index (χ0n) is 10.7. The zero-order chi connectivity index (χ0) is 13.9. The molecule has 0 radical (unpaired) electrons. The topological polar surface area (TPSA) is 55.0 Å². The van der Waals surface area contributed by atoms with Gasteiger partial charge in [-0.25, -0.2) is 4.98 Å². The molecule has 1 aliphatic rings. The Morgan fingerprint density at radius 1 is 1.35 bits per heavy atom. The molecule has 0 aliphatic carbocycles. The summed E-state index contributed by atoms with van der Waals surface area (Å²) in [6, 6.07) is 7.10. The van der Waals surface area contributed by atoms with Crippen LogP contribution in [0.15, 0.2) is 29.1 Å². The minimum atomic E-state index is -0.0445. The van der Waals surface area contributed by atoms with Gasteiger partial charge in [-0.15, -0.1) is 0 Å². The highest BCUT2D eigenvalue weighted by atomic mass is 35.5. The van der Waals surface area contributed by atoms with Crippen LogP contribution in [0.4, 0.5) is 0 Å². The van der Waals surface area contributed by atoms with E-state index in [1.165, 1.54) is 0 Å². The second-order valence-electron chi connectivity index (χ2n) is 4.48. The number of nitrogens with one attached hydrogen (secondary N) is 1. The third-order valence-corrected chi connectivity index (χ3v) is 4.31. The average molecular weight is 309 g/mol. The minimum Gasteiger partial charge on any atom is -0.486 e. The van der Waals surface area contributed by atoms with Crippen LogP contribution >= 0.6 is 23.4 Å². The number of aryl methyl sites for hydroxylation is 1. The number of hydrogen-bond donors (Lipinski definition) is 1. The van der Waals surface area contributed by atoms with Gasteiger partial charge in [0.25, 0.3) is 5.56 Å². The van der Waals surface area contributed by atoms with Crippen molar-refractivity contribution in [3.05, 3.63) is 56.7 Å². The number of aromatic amines is 1. The van der Waals surface area contributed by atoms with E-state index in [4.69, 9.17) is 16.3 Å². The molecule has 1 N–H and O–H groups in total. The number of rotatable bonds is 3. The number of aromatic nitrogens is 2. The molecule has 0 saturated heterocycles. The first kappa shape index (κ1) is 13.5. The molecular weight excluding hydrogens is 296 g/mol. The molecule has 2 heterocycles. The quantitative estimate of drug-likeness (QED) is 0.947. The standard InChI is InChI=1S/C14H13ClN2O2S/c15-9-1-3-10(4-2-9)19-7-13-16-12-5-6-20-8-11(12)14(18)17-13/h1-4H,5-8H2,(H,16,17,18). The Bertz CT molecular complexity index is 670. The molecular formula is C14H13ClN2O2S. The molecule has 0 fully saturated rings.